The molecule has 0 saturated heterocycles. The number of hydrogen-bond donors (Lipinski definition) is 1. The Morgan fingerprint density at radius 1 is 1.23 bits per heavy atom. The third-order valence-corrected chi connectivity index (χ3v) is 5.22. The van der Waals surface area contributed by atoms with Crippen LogP contribution in [-0.2, 0) is 14.8 Å². The summed E-state index contributed by atoms with van der Waals surface area (Å²) < 4.78 is 25.2. The molecule has 0 aromatic heterocycles. The van der Waals surface area contributed by atoms with Crippen LogP contribution >= 0.6 is 23.2 Å². The summed E-state index contributed by atoms with van der Waals surface area (Å²) in [5.41, 5.74) is 3.91. The van der Waals surface area contributed by atoms with E-state index in [4.69, 9.17) is 23.2 Å². The van der Waals surface area contributed by atoms with Crippen molar-refractivity contribution in [3.05, 3.63) is 63.6 Å². The number of nitrogens with zero attached hydrogens (tertiary/aromatic N) is 2. The van der Waals surface area contributed by atoms with Crippen molar-refractivity contribution in [1.29, 1.82) is 0 Å². The van der Waals surface area contributed by atoms with Crippen LogP contribution in [0.5, 0.6) is 0 Å². The van der Waals surface area contributed by atoms with Crippen LogP contribution in [0.3, 0.4) is 0 Å². The van der Waals surface area contributed by atoms with E-state index in [-0.39, 0.29) is 0 Å². The number of hydrazone groups is 1. The van der Waals surface area contributed by atoms with E-state index < -0.39 is 22.5 Å². The van der Waals surface area contributed by atoms with E-state index in [1.54, 1.807) is 49.4 Å². The minimum atomic E-state index is -3.69. The van der Waals surface area contributed by atoms with Gasteiger partial charge in [-0.1, -0.05) is 41.4 Å². The van der Waals surface area contributed by atoms with Crippen molar-refractivity contribution >= 4 is 51.0 Å². The van der Waals surface area contributed by atoms with Gasteiger partial charge < -0.3 is 0 Å². The quantitative estimate of drug-likeness (QED) is 0.583. The van der Waals surface area contributed by atoms with Crippen molar-refractivity contribution in [3.8, 4) is 0 Å². The number of anilines is 1. The predicted octanol–water partition coefficient (Wildman–Crippen LogP) is 3.22. The summed E-state index contributed by atoms with van der Waals surface area (Å²) in [7, 11) is -3.69. The van der Waals surface area contributed by atoms with Gasteiger partial charge in [0.25, 0.3) is 5.91 Å². The van der Waals surface area contributed by atoms with Gasteiger partial charge in [0.15, 0.2) is 0 Å². The summed E-state index contributed by atoms with van der Waals surface area (Å²) in [6.07, 6.45) is 2.44. The zero-order valence-corrected chi connectivity index (χ0v) is 16.4. The highest BCUT2D eigenvalue weighted by Gasteiger charge is 2.22. The summed E-state index contributed by atoms with van der Waals surface area (Å²) in [5, 5.41) is 4.77. The molecule has 1 N–H and O–H groups in total. The standard InChI is InChI=1S/C17H17Cl2N3O3S/c1-12-15(19)7-4-8-16(12)22(26(2,24)25)11-17(23)21-20-10-13-5-3-6-14(18)9-13/h3-10H,11H2,1-2H3,(H,21,23)/b20-10-. The summed E-state index contributed by atoms with van der Waals surface area (Å²) in [6, 6.07) is 11.8. The van der Waals surface area contributed by atoms with E-state index >= 15 is 0 Å². The molecule has 138 valence electrons. The number of hydrogen-bond acceptors (Lipinski definition) is 4. The Balaban J connectivity index is 2.14. The molecule has 0 fully saturated rings. The molecule has 9 heteroatoms. The Morgan fingerprint density at radius 2 is 1.92 bits per heavy atom. The average Bonchev–Trinajstić information content (AvgIpc) is 2.55. The Labute approximate surface area is 162 Å². The van der Waals surface area contributed by atoms with Crippen LogP contribution in [0.1, 0.15) is 11.1 Å². The van der Waals surface area contributed by atoms with Crippen molar-refractivity contribution in [1.82, 2.24) is 5.43 Å². The van der Waals surface area contributed by atoms with E-state index in [0.29, 0.717) is 26.9 Å². The number of benzene rings is 2. The van der Waals surface area contributed by atoms with E-state index in [9.17, 15) is 13.2 Å². The summed E-state index contributed by atoms with van der Waals surface area (Å²) in [5.74, 6) is -0.590. The number of halogens is 2. The van der Waals surface area contributed by atoms with Crippen molar-refractivity contribution in [2.24, 2.45) is 5.10 Å². The first-order valence-corrected chi connectivity index (χ1v) is 10.1. The lowest BCUT2D eigenvalue weighted by Crippen LogP contribution is -2.39. The fourth-order valence-corrected chi connectivity index (χ4v) is 3.45. The van der Waals surface area contributed by atoms with Gasteiger partial charge in [-0.3, -0.25) is 9.10 Å². The minimum Gasteiger partial charge on any atom is -0.271 e. The molecule has 0 atom stereocenters. The maximum atomic E-state index is 12.1. The van der Waals surface area contributed by atoms with Crippen molar-refractivity contribution in [2.45, 2.75) is 6.92 Å². The highest BCUT2D eigenvalue weighted by atomic mass is 35.5. The zero-order valence-electron chi connectivity index (χ0n) is 14.1. The van der Waals surface area contributed by atoms with Crippen molar-refractivity contribution in [2.75, 3.05) is 17.1 Å². The average molecular weight is 414 g/mol. The fourth-order valence-electron chi connectivity index (χ4n) is 2.18. The number of carbonyl (C=O) groups excluding carboxylic acids is 1. The molecule has 2 aromatic rings. The predicted molar refractivity (Wildman–Crippen MR) is 106 cm³/mol. The minimum absolute atomic E-state index is 0.342. The smallest absolute Gasteiger partial charge is 0.260 e. The maximum Gasteiger partial charge on any atom is 0.260 e. The Morgan fingerprint density at radius 3 is 2.58 bits per heavy atom. The topological polar surface area (TPSA) is 78.8 Å². The van der Waals surface area contributed by atoms with Gasteiger partial charge in [0.05, 0.1) is 18.2 Å². The molecule has 0 heterocycles. The van der Waals surface area contributed by atoms with Crippen LogP contribution in [0, 0.1) is 6.92 Å². The molecule has 26 heavy (non-hydrogen) atoms. The van der Waals surface area contributed by atoms with E-state index in [2.05, 4.69) is 10.5 Å². The van der Waals surface area contributed by atoms with E-state index in [1.165, 1.54) is 6.21 Å². The van der Waals surface area contributed by atoms with Gasteiger partial charge >= 0.3 is 0 Å². The van der Waals surface area contributed by atoms with Crippen LogP contribution in [-0.4, -0.2) is 33.3 Å². The van der Waals surface area contributed by atoms with Crippen LogP contribution in [0.2, 0.25) is 10.0 Å². The normalized spacial score (nSPS) is 11.5. The SMILES string of the molecule is Cc1c(Cl)cccc1N(CC(=O)N/N=C\c1cccc(Cl)c1)S(C)(=O)=O. The highest BCUT2D eigenvalue weighted by molar-refractivity contribution is 7.92. The van der Waals surface area contributed by atoms with E-state index in [1.807, 2.05) is 0 Å². The summed E-state index contributed by atoms with van der Waals surface area (Å²) >= 11 is 11.9. The van der Waals surface area contributed by atoms with Crippen LogP contribution in [0.15, 0.2) is 47.6 Å². The number of nitrogens with one attached hydrogen (secondary N) is 1. The lowest BCUT2D eigenvalue weighted by atomic mass is 10.2. The second-order valence-corrected chi connectivity index (χ2v) is 8.25. The molecule has 0 aliphatic rings. The zero-order chi connectivity index (χ0) is 19.3. The van der Waals surface area contributed by atoms with Gasteiger partial charge in [-0.05, 0) is 42.3 Å². The molecule has 0 unspecified atom stereocenters. The maximum absolute atomic E-state index is 12.1. The highest BCUT2D eigenvalue weighted by Crippen LogP contribution is 2.27. The fraction of sp³-hybridized carbons (Fsp3) is 0.176. The third-order valence-electron chi connectivity index (χ3n) is 3.45. The molecule has 0 spiro atoms. The lowest BCUT2D eigenvalue weighted by Gasteiger charge is -2.23. The van der Waals surface area contributed by atoms with Gasteiger partial charge in [0.2, 0.25) is 10.0 Å². The van der Waals surface area contributed by atoms with Crippen molar-refractivity contribution in [3.63, 3.8) is 0 Å². The summed E-state index contributed by atoms with van der Waals surface area (Å²) in [6.45, 7) is 1.26. The van der Waals surface area contributed by atoms with Gasteiger partial charge in [0, 0.05) is 10.0 Å². The largest absolute Gasteiger partial charge is 0.271 e. The number of carbonyl (C=O) groups is 1. The molecule has 0 saturated carbocycles. The molecule has 6 nitrogen and oxygen atoms in total. The number of rotatable bonds is 6. The second-order valence-electron chi connectivity index (χ2n) is 5.50. The first-order chi connectivity index (χ1) is 12.2. The van der Waals surface area contributed by atoms with Crippen molar-refractivity contribution < 1.29 is 13.2 Å². The summed E-state index contributed by atoms with van der Waals surface area (Å²) in [4.78, 5) is 12.1. The molecular weight excluding hydrogens is 397 g/mol. The first kappa shape index (κ1) is 20.2. The Hall–Kier alpha value is -2.09. The van der Waals surface area contributed by atoms with E-state index in [0.717, 1.165) is 10.6 Å². The first-order valence-electron chi connectivity index (χ1n) is 7.49. The van der Waals surface area contributed by atoms with Crippen LogP contribution in [0.25, 0.3) is 0 Å². The molecule has 0 aliphatic heterocycles. The molecule has 0 aliphatic carbocycles. The molecular formula is C17H17Cl2N3O3S. The number of sulfonamides is 1. The molecule has 1 amide bonds. The van der Waals surface area contributed by atoms with Crippen LogP contribution < -0.4 is 9.73 Å². The third kappa shape index (κ3) is 5.45. The van der Waals surface area contributed by atoms with Crippen LogP contribution in [0.4, 0.5) is 5.69 Å². The molecule has 2 aromatic carbocycles. The van der Waals surface area contributed by atoms with Gasteiger partial charge in [0.1, 0.15) is 6.54 Å². The van der Waals surface area contributed by atoms with Gasteiger partial charge in [-0.2, -0.15) is 5.10 Å². The molecule has 0 radical (unpaired) electrons. The monoisotopic (exact) mass is 413 g/mol. The Kier molecular flexibility index (Phi) is 6.63. The van der Waals surface area contributed by atoms with Gasteiger partial charge in [-0.25, -0.2) is 13.8 Å². The second kappa shape index (κ2) is 8.53. The molecule has 2 rings (SSSR count). The number of amides is 1. The Bertz CT molecular complexity index is 946. The van der Waals surface area contributed by atoms with Gasteiger partial charge in [-0.15, -0.1) is 0 Å². The lowest BCUT2D eigenvalue weighted by molar-refractivity contribution is -0.119. The molecule has 0 bridgehead atoms.